The van der Waals surface area contributed by atoms with E-state index in [9.17, 15) is 5.11 Å². The average Bonchev–Trinajstić information content (AvgIpc) is 2.66. The molecule has 4 rings (SSSR count). The van der Waals surface area contributed by atoms with E-state index in [-0.39, 0.29) is 11.7 Å². The van der Waals surface area contributed by atoms with Gasteiger partial charge in [-0.1, -0.05) is 12.1 Å². The van der Waals surface area contributed by atoms with Gasteiger partial charge >= 0.3 is 0 Å². The number of nitrogens with one attached hydrogen (secondary N) is 2. The highest BCUT2D eigenvalue weighted by atomic mass is 16.5. The fourth-order valence-electron chi connectivity index (χ4n) is 2.52. The van der Waals surface area contributed by atoms with Gasteiger partial charge in [0.25, 0.3) is 5.95 Å². The highest BCUT2D eigenvalue weighted by molar-refractivity contribution is 5.87. The number of aromatic nitrogens is 3. The SMILES string of the molecule is CCOc1ccc(/C=N/c2nnc3c(n2)Nc2ccccc2N3)c(O)c1. The van der Waals surface area contributed by atoms with Gasteiger partial charge in [-0.15, -0.1) is 10.2 Å². The molecular formula is C18H16N6O2. The molecule has 8 nitrogen and oxygen atoms in total. The molecule has 8 heteroatoms. The van der Waals surface area contributed by atoms with Gasteiger partial charge in [-0.2, -0.15) is 4.98 Å². The van der Waals surface area contributed by atoms with Gasteiger partial charge in [0.2, 0.25) is 0 Å². The number of para-hydroxylation sites is 2. The van der Waals surface area contributed by atoms with Crippen LogP contribution in [0.25, 0.3) is 0 Å². The van der Waals surface area contributed by atoms with Crippen molar-refractivity contribution in [3.8, 4) is 11.5 Å². The monoisotopic (exact) mass is 348 g/mol. The molecule has 130 valence electrons. The Labute approximate surface area is 149 Å². The normalized spacial score (nSPS) is 12.0. The Morgan fingerprint density at radius 3 is 2.58 bits per heavy atom. The number of nitrogens with zero attached hydrogens (tertiary/aromatic N) is 4. The summed E-state index contributed by atoms with van der Waals surface area (Å²) in [6, 6.07) is 12.8. The van der Waals surface area contributed by atoms with Crippen molar-refractivity contribution in [2.45, 2.75) is 6.92 Å². The Balaban J connectivity index is 1.56. The number of benzene rings is 2. The van der Waals surface area contributed by atoms with Crippen molar-refractivity contribution in [3.63, 3.8) is 0 Å². The van der Waals surface area contributed by atoms with Crippen LogP contribution in [-0.4, -0.2) is 33.1 Å². The fourth-order valence-corrected chi connectivity index (χ4v) is 2.52. The molecule has 0 aliphatic carbocycles. The van der Waals surface area contributed by atoms with Gasteiger partial charge in [-0.05, 0) is 31.2 Å². The number of ether oxygens (including phenoxy) is 1. The Kier molecular flexibility index (Phi) is 4.06. The van der Waals surface area contributed by atoms with Crippen LogP contribution in [0.5, 0.6) is 11.5 Å². The van der Waals surface area contributed by atoms with Crippen LogP contribution in [0.2, 0.25) is 0 Å². The predicted octanol–water partition coefficient (Wildman–Crippen LogP) is 3.53. The van der Waals surface area contributed by atoms with Gasteiger partial charge < -0.3 is 20.5 Å². The lowest BCUT2D eigenvalue weighted by Crippen LogP contribution is -2.10. The van der Waals surface area contributed by atoms with Crippen molar-refractivity contribution in [3.05, 3.63) is 48.0 Å². The summed E-state index contributed by atoms with van der Waals surface area (Å²) >= 11 is 0. The number of fused-ring (bicyclic) bond motifs is 2. The number of hydrogen-bond acceptors (Lipinski definition) is 8. The maximum Gasteiger partial charge on any atom is 0.271 e. The quantitative estimate of drug-likeness (QED) is 0.485. The molecule has 0 amide bonds. The van der Waals surface area contributed by atoms with Crippen LogP contribution in [0.3, 0.4) is 0 Å². The number of hydrogen-bond donors (Lipinski definition) is 3. The number of aromatic hydroxyl groups is 1. The summed E-state index contributed by atoms with van der Waals surface area (Å²) in [5.74, 6) is 1.93. The molecule has 1 aromatic heterocycles. The molecule has 0 fully saturated rings. The van der Waals surface area contributed by atoms with E-state index in [0.29, 0.717) is 29.6 Å². The molecule has 0 radical (unpaired) electrons. The van der Waals surface area contributed by atoms with Crippen LogP contribution in [0.15, 0.2) is 47.5 Å². The maximum atomic E-state index is 10.0. The van der Waals surface area contributed by atoms with Crippen LogP contribution in [0.1, 0.15) is 12.5 Å². The maximum absolute atomic E-state index is 10.0. The van der Waals surface area contributed by atoms with Gasteiger partial charge in [-0.25, -0.2) is 4.99 Å². The van der Waals surface area contributed by atoms with E-state index in [4.69, 9.17) is 4.74 Å². The van der Waals surface area contributed by atoms with E-state index in [1.165, 1.54) is 6.21 Å². The van der Waals surface area contributed by atoms with Crippen molar-refractivity contribution in [1.29, 1.82) is 0 Å². The minimum Gasteiger partial charge on any atom is -0.507 e. The van der Waals surface area contributed by atoms with Crippen molar-refractivity contribution in [1.82, 2.24) is 15.2 Å². The summed E-state index contributed by atoms with van der Waals surface area (Å²) < 4.78 is 5.34. The Hall–Kier alpha value is -3.68. The molecule has 26 heavy (non-hydrogen) atoms. The predicted molar refractivity (Wildman–Crippen MR) is 99.4 cm³/mol. The highest BCUT2D eigenvalue weighted by Gasteiger charge is 2.17. The van der Waals surface area contributed by atoms with Crippen LogP contribution in [0.4, 0.5) is 29.0 Å². The number of phenols is 1. The summed E-state index contributed by atoms with van der Waals surface area (Å²) in [6.07, 6.45) is 1.48. The van der Waals surface area contributed by atoms with E-state index in [2.05, 4.69) is 30.8 Å². The first kappa shape index (κ1) is 15.8. The zero-order chi connectivity index (χ0) is 17.9. The van der Waals surface area contributed by atoms with E-state index >= 15 is 0 Å². The van der Waals surface area contributed by atoms with Gasteiger partial charge in [0.1, 0.15) is 11.5 Å². The molecule has 0 saturated carbocycles. The molecule has 2 heterocycles. The summed E-state index contributed by atoms with van der Waals surface area (Å²) in [6.45, 7) is 2.42. The standard InChI is InChI=1S/C18H16N6O2/c1-2-26-12-8-7-11(15(25)9-12)10-19-18-22-16-17(23-24-18)21-14-6-4-3-5-13(14)20-16/h3-10,25H,2H2,1H3,(H,21,23)(H,20,22,24)/b19-10+. The second kappa shape index (κ2) is 6.67. The van der Waals surface area contributed by atoms with Crippen molar-refractivity contribution >= 4 is 35.2 Å². The highest BCUT2D eigenvalue weighted by Crippen LogP contribution is 2.35. The summed E-state index contributed by atoms with van der Waals surface area (Å²) in [5.41, 5.74) is 2.34. The van der Waals surface area contributed by atoms with Crippen molar-refractivity contribution in [2.75, 3.05) is 17.2 Å². The zero-order valence-corrected chi connectivity index (χ0v) is 14.0. The number of rotatable bonds is 4. The van der Waals surface area contributed by atoms with Crippen LogP contribution >= 0.6 is 0 Å². The molecular weight excluding hydrogens is 332 g/mol. The average molecular weight is 348 g/mol. The molecule has 1 aliphatic rings. The third kappa shape index (κ3) is 3.12. The van der Waals surface area contributed by atoms with Crippen LogP contribution in [0, 0.1) is 0 Å². The van der Waals surface area contributed by atoms with E-state index in [1.807, 2.05) is 31.2 Å². The number of anilines is 4. The lowest BCUT2D eigenvalue weighted by atomic mass is 10.2. The van der Waals surface area contributed by atoms with Crippen LogP contribution < -0.4 is 15.4 Å². The molecule has 0 unspecified atom stereocenters. The van der Waals surface area contributed by atoms with Gasteiger partial charge in [0, 0.05) is 17.8 Å². The Morgan fingerprint density at radius 2 is 1.85 bits per heavy atom. The van der Waals surface area contributed by atoms with Crippen molar-refractivity contribution in [2.24, 2.45) is 4.99 Å². The first-order valence-electron chi connectivity index (χ1n) is 8.10. The zero-order valence-electron chi connectivity index (χ0n) is 14.0. The summed E-state index contributed by atoms with van der Waals surface area (Å²) in [4.78, 5) is 8.55. The molecule has 0 atom stereocenters. The smallest absolute Gasteiger partial charge is 0.271 e. The molecule has 3 N–H and O–H groups in total. The molecule has 2 aromatic carbocycles. The molecule has 0 spiro atoms. The van der Waals surface area contributed by atoms with Gasteiger partial charge in [-0.3, -0.25) is 0 Å². The lowest BCUT2D eigenvalue weighted by Gasteiger charge is -2.19. The minimum atomic E-state index is 0.0688. The number of aliphatic imine (C=N–C) groups is 1. The summed E-state index contributed by atoms with van der Waals surface area (Å²) in [7, 11) is 0. The van der Waals surface area contributed by atoms with E-state index in [0.717, 1.165) is 11.4 Å². The lowest BCUT2D eigenvalue weighted by molar-refractivity contribution is 0.337. The van der Waals surface area contributed by atoms with Crippen molar-refractivity contribution < 1.29 is 9.84 Å². The summed E-state index contributed by atoms with van der Waals surface area (Å²) in [5, 5.41) is 24.5. The first-order valence-corrected chi connectivity index (χ1v) is 8.10. The third-order valence-corrected chi connectivity index (χ3v) is 3.74. The van der Waals surface area contributed by atoms with E-state index < -0.39 is 0 Å². The third-order valence-electron chi connectivity index (χ3n) is 3.74. The topological polar surface area (TPSA) is 105 Å². The van der Waals surface area contributed by atoms with E-state index in [1.54, 1.807) is 18.2 Å². The van der Waals surface area contributed by atoms with Gasteiger partial charge in [0.15, 0.2) is 11.6 Å². The Bertz CT molecular complexity index is 989. The largest absolute Gasteiger partial charge is 0.507 e. The second-order valence-electron chi connectivity index (χ2n) is 5.52. The molecule has 0 bridgehead atoms. The number of phenolic OH excluding ortho intramolecular Hbond substituents is 1. The first-order chi connectivity index (χ1) is 12.7. The van der Waals surface area contributed by atoms with Crippen LogP contribution in [-0.2, 0) is 0 Å². The second-order valence-corrected chi connectivity index (χ2v) is 5.52. The Morgan fingerprint density at radius 1 is 1.08 bits per heavy atom. The fraction of sp³-hybridized carbons (Fsp3) is 0.111. The molecule has 3 aromatic rings. The minimum absolute atomic E-state index is 0.0688. The molecule has 1 aliphatic heterocycles. The van der Waals surface area contributed by atoms with Gasteiger partial charge in [0.05, 0.1) is 18.0 Å². The molecule has 0 saturated heterocycles.